The summed E-state index contributed by atoms with van der Waals surface area (Å²) >= 11 is 7.20. The van der Waals surface area contributed by atoms with Crippen molar-refractivity contribution < 1.29 is 14.2 Å². The summed E-state index contributed by atoms with van der Waals surface area (Å²) in [5.41, 5.74) is 0.0787. The van der Waals surface area contributed by atoms with Gasteiger partial charge in [0.1, 0.15) is 22.8 Å². The zero-order valence-electron chi connectivity index (χ0n) is 12.2. The molecule has 0 saturated heterocycles. The van der Waals surface area contributed by atoms with Crippen molar-refractivity contribution >= 4 is 40.1 Å². The van der Waals surface area contributed by atoms with E-state index in [1.807, 2.05) is 0 Å². The van der Waals surface area contributed by atoms with Crippen LogP contribution in [0.1, 0.15) is 19.3 Å². The van der Waals surface area contributed by atoms with Crippen molar-refractivity contribution in [1.29, 1.82) is 0 Å². The first kappa shape index (κ1) is 15.2. The van der Waals surface area contributed by atoms with Crippen molar-refractivity contribution in [2.24, 2.45) is 0 Å². The van der Waals surface area contributed by atoms with Crippen molar-refractivity contribution in [2.75, 3.05) is 11.6 Å². The molecule has 3 atom stereocenters. The van der Waals surface area contributed by atoms with Gasteiger partial charge in [-0.15, -0.1) is 0 Å². The molecule has 2 aliphatic rings. The Balaban J connectivity index is 1.97. The summed E-state index contributed by atoms with van der Waals surface area (Å²) in [6.45, 7) is 0. The lowest BCUT2D eigenvalue weighted by atomic mass is 9.90. The summed E-state index contributed by atoms with van der Waals surface area (Å²) in [5, 5.41) is 14.0. The number of thioether (sulfide) groups is 1. The molecule has 3 unspecified atom stereocenters. The van der Waals surface area contributed by atoms with Crippen LogP contribution in [0.5, 0.6) is 5.88 Å². The van der Waals surface area contributed by atoms with Gasteiger partial charge in [0.05, 0.1) is 12.1 Å². The highest BCUT2D eigenvalue weighted by atomic mass is 35.5. The molecule has 0 radical (unpaired) electrons. The molecule has 2 aromatic rings. The molecule has 9 heteroatoms. The monoisotopic (exact) mass is 356 g/mol. The van der Waals surface area contributed by atoms with Crippen LogP contribution in [0.2, 0.25) is 5.15 Å². The van der Waals surface area contributed by atoms with Crippen LogP contribution in [0.25, 0.3) is 10.9 Å². The van der Waals surface area contributed by atoms with Crippen molar-refractivity contribution in [3.8, 4) is 5.88 Å². The van der Waals surface area contributed by atoms with Gasteiger partial charge in [-0.1, -0.05) is 23.4 Å². The number of halogens is 2. The Labute approximate surface area is 140 Å². The fourth-order valence-electron chi connectivity index (χ4n) is 3.13. The summed E-state index contributed by atoms with van der Waals surface area (Å²) in [6, 6.07) is -0.326. The van der Waals surface area contributed by atoms with E-state index in [1.54, 1.807) is 6.26 Å². The van der Waals surface area contributed by atoms with E-state index in [0.29, 0.717) is 22.8 Å². The lowest BCUT2D eigenvalue weighted by Crippen LogP contribution is -2.48. The summed E-state index contributed by atoms with van der Waals surface area (Å²) < 4.78 is 20.3. The molecule has 0 bridgehead atoms. The van der Waals surface area contributed by atoms with Crippen LogP contribution in [0.4, 0.5) is 10.2 Å². The number of anilines is 1. The number of aliphatic hydroxyl groups excluding tert-OH is 1. The Morgan fingerprint density at radius 3 is 2.96 bits per heavy atom. The van der Waals surface area contributed by atoms with Gasteiger partial charge >= 0.3 is 0 Å². The molecular weight excluding hydrogens is 343 g/mol. The van der Waals surface area contributed by atoms with E-state index in [9.17, 15) is 9.50 Å². The molecule has 122 valence electrons. The smallest absolute Gasteiger partial charge is 0.228 e. The van der Waals surface area contributed by atoms with Crippen LogP contribution in [-0.4, -0.2) is 44.6 Å². The lowest BCUT2D eigenvalue weighted by molar-refractivity contribution is 0.0389. The fourth-order valence-corrected chi connectivity index (χ4v) is 3.66. The van der Waals surface area contributed by atoms with Crippen molar-refractivity contribution in [2.45, 2.75) is 42.7 Å². The molecule has 3 heterocycles. The van der Waals surface area contributed by atoms with Crippen LogP contribution in [-0.2, 0) is 0 Å². The zero-order chi connectivity index (χ0) is 16.1. The average Bonchev–Trinajstić information content (AvgIpc) is 2.70. The third-order valence-electron chi connectivity index (χ3n) is 4.24. The third-order valence-corrected chi connectivity index (χ3v) is 5.04. The minimum Gasteiger partial charge on any atom is -0.471 e. The van der Waals surface area contributed by atoms with E-state index in [-0.39, 0.29) is 28.7 Å². The van der Waals surface area contributed by atoms with Crippen molar-refractivity contribution in [3.05, 3.63) is 11.0 Å². The SMILES string of the molecule is CSc1nc2c3c(nc(Cl)c(F)c3n1)OC1CCCC(O)C1N2. The second kappa shape index (κ2) is 5.61. The molecule has 4 rings (SSSR count). The Bertz CT molecular complexity index is 793. The highest BCUT2D eigenvalue weighted by Gasteiger charge is 2.38. The Hall–Kier alpha value is -1.38. The number of nitrogens with zero attached hydrogens (tertiary/aromatic N) is 3. The van der Waals surface area contributed by atoms with Crippen LogP contribution in [0.3, 0.4) is 0 Å². The first-order valence-corrected chi connectivity index (χ1v) is 8.90. The molecule has 1 saturated carbocycles. The summed E-state index contributed by atoms with van der Waals surface area (Å²) in [5.74, 6) is -0.0609. The van der Waals surface area contributed by atoms with Crippen molar-refractivity contribution in [1.82, 2.24) is 15.0 Å². The summed E-state index contributed by atoms with van der Waals surface area (Å²) in [6.07, 6.45) is 3.26. The number of hydrogen-bond donors (Lipinski definition) is 2. The van der Waals surface area contributed by atoms with Gasteiger partial charge in [0.25, 0.3) is 0 Å². The topological polar surface area (TPSA) is 80.2 Å². The van der Waals surface area contributed by atoms with Crippen LogP contribution in [0, 0.1) is 5.82 Å². The number of aliphatic hydroxyl groups is 1. The Kier molecular flexibility index (Phi) is 3.70. The standard InChI is InChI=1S/C14H14ClFN4O2S/c1-23-14-18-10-7-12(20-14)17-9-5(21)3-2-4-6(9)22-13(7)19-11(15)8(10)16/h5-6,9,21H,2-4H2,1H3,(H,17,18,20). The van der Waals surface area contributed by atoms with Gasteiger partial charge < -0.3 is 15.2 Å². The van der Waals surface area contributed by atoms with E-state index in [2.05, 4.69) is 20.3 Å². The maximum atomic E-state index is 14.4. The van der Waals surface area contributed by atoms with E-state index >= 15 is 0 Å². The van der Waals surface area contributed by atoms with Gasteiger partial charge in [0.15, 0.2) is 16.1 Å². The van der Waals surface area contributed by atoms with E-state index in [4.69, 9.17) is 16.3 Å². The molecule has 1 aliphatic heterocycles. The molecule has 0 aromatic carbocycles. The van der Waals surface area contributed by atoms with Crippen LogP contribution in [0.15, 0.2) is 5.16 Å². The van der Waals surface area contributed by atoms with E-state index in [0.717, 1.165) is 12.8 Å². The number of aromatic nitrogens is 3. The van der Waals surface area contributed by atoms with E-state index < -0.39 is 11.9 Å². The average molecular weight is 357 g/mol. The predicted molar refractivity (Wildman–Crippen MR) is 85.8 cm³/mol. The zero-order valence-corrected chi connectivity index (χ0v) is 13.8. The number of pyridine rings is 1. The first-order chi connectivity index (χ1) is 11.1. The second-order valence-electron chi connectivity index (χ2n) is 5.63. The van der Waals surface area contributed by atoms with Crippen LogP contribution < -0.4 is 10.1 Å². The summed E-state index contributed by atoms with van der Waals surface area (Å²) in [4.78, 5) is 12.6. The lowest BCUT2D eigenvalue weighted by Gasteiger charge is -2.34. The minimum atomic E-state index is -0.694. The second-order valence-corrected chi connectivity index (χ2v) is 6.76. The van der Waals surface area contributed by atoms with Gasteiger partial charge in [-0.25, -0.2) is 14.4 Å². The van der Waals surface area contributed by atoms with Gasteiger partial charge in [-0.2, -0.15) is 4.98 Å². The molecule has 2 N–H and O–H groups in total. The number of fused-ring (bicyclic) bond motifs is 1. The molecule has 2 aromatic heterocycles. The Morgan fingerprint density at radius 2 is 2.17 bits per heavy atom. The normalized spacial score (nSPS) is 26.2. The first-order valence-electron chi connectivity index (χ1n) is 7.30. The molecule has 0 amide bonds. The number of nitrogens with one attached hydrogen (secondary N) is 1. The van der Waals surface area contributed by atoms with Gasteiger partial charge in [-0.3, -0.25) is 0 Å². The Morgan fingerprint density at radius 1 is 1.35 bits per heavy atom. The fraction of sp³-hybridized carbons (Fsp3) is 0.500. The van der Waals surface area contributed by atoms with Gasteiger partial charge in [0, 0.05) is 0 Å². The highest BCUT2D eigenvalue weighted by Crippen LogP contribution is 2.39. The molecular formula is C14H14ClFN4O2S. The van der Waals surface area contributed by atoms with Gasteiger partial charge in [0.2, 0.25) is 5.88 Å². The quantitative estimate of drug-likeness (QED) is 0.462. The minimum absolute atomic E-state index is 0.0787. The van der Waals surface area contributed by atoms with Crippen molar-refractivity contribution in [3.63, 3.8) is 0 Å². The molecule has 23 heavy (non-hydrogen) atoms. The maximum absolute atomic E-state index is 14.4. The number of rotatable bonds is 1. The molecule has 1 aliphatic carbocycles. The van der Waals surface area contributed by atoms with Crippen LogP contribution >= 0.6 is 23.4 Å². The highest BCUT2D eigenvalue weighted by molar-refractivity contribution is 7.98. The predicted octanol–water partition coefficient (Wildman–Crippen LogP) is 2.63. The molecule has 6 nitrogen and oxygen atoms in total. The molecule has 1 fully saturated rings. The van der Waals surface area contributed by atoms with Gasteiger partial charge in [-0.05, 0) is 25.5 Å². The molecule has 0 spiro atoms. The number of ether oxygens (including phenoxy) is 1. The summed E-state index contributed by atoms with van der Waals surface area (Å²) in [7, 11) is 0. The number of hydrogen-bond acceptors (Lipinski definition) is 7. The largest absolute Gasteiger partial charge is 0.471 e. The maximum Gasteiger partial charge on any atom is 0.228 e. The third kappa shape index (κ3) is 2.40. The van der Waals surface area contributed by atoms with E-state index in [1.165, 1.54) is 11.8 Å².